The lowest BCUT2D eigenvalue weighted by molar-refractivity contribution is -0.385. The molecule has 1 aliphatic carbocycles. The molecule has 0 fully saturated rings. The molecule has 0 aromatic heterocycles. The van der Waals surface area contributed by atoms with E-state index in [1.54, 1.807) is 0 Å². The Labute approximate surface area is 135 Å². The first kappa shape index (κ1) is 17.4. The van der Waals surface area contributed by atoms with Crippen molar-refractivity contribution in [3.8, 4) is 0 Å². The zero-order valence-electron chi connectivity index (χ0n) is 12.8. The van der Waals surface area contributed by atoms with Crippen molar-refractivity contribution >= 4 is 21.4 Å². The van der Waals surface area contributed by atoms with Gasteiger partial charge in [-0.15, -0.1) is 0 Å². The Bertz CT molecular complexity index is 713. The number of nitrogens with two attached hydrogens (primary N) is 1. The van der Waals surface area contributed by atoms with E-state index in [0.717, 1.165) is 25.3 Å². The zero-order chi connectivity index (χ0) is 16.9. The number of hydrogen-bond acceptors (Lipinski definition) is 5. The van der Waals surface area contributed by atoms with Crippen LogP contribution >= 0.6 is 0 Å². The summed E-state index contributed by atoms with van der Waals surface area (Å²) < 4.78 is 22.9. The van der Waals surface area contributed by atoms with E-state index in [1.807, 2.05) is 0 Å². The molecule has 1 aliphatic rings. The van der Waals surface area contributed by atoms with E-state index in [0.29, 0.717) is 12.2 Å². The topological polar surface area (TPSA) is 115 Å². The first-order chi connectivity index (χ1) is 10.9. The number of nitrogens with zero attached hydrogens (tertiary/aromatic N) is 1. The average Bonchev–Trinajstić information content (AvgIpc) is 2.75. The highest BCUT2D eigenvalue weighted by Crippen LogP contribution is 2.24. The fraction of sp³-hybridized carbons (Fsp3) is 0.467. The molecule has 0 heterocycles. The van der Waals surface area contributed by atoms with Gasteiger partial charge in [0.1, 0.15) is 0 Å². The third-order valence-corrected chi connectivity index (χ3v) is 4.73. The van der Waals surface area contributed by atoms with Crippen LogP contribution in [0.25, 0.3) is 0 Å². The van der Waals surface area contributed by atoms with Crippen LogP contribution in [0, 0.1) is 10.1 Å². The number of sulfonamides is 1. The number of allylic oxidation sites excluding steroid dienone is 1. The number of primary sulfonamides is 1. The summed E-state index contributed by atoms with van der Waals surface area (Å²) in [6.07, 6.45) is 8.94. The summed E-state index contributed by atoms with van der Waals surface area (Å²) in [6.45, 7) is 0.594. The minimum absolute atomic E-state index is 0.261. The summed E-state index contributed by atoms with van der Waals surface area (Å²) in [5, 5.41) is 19.0. The number of hydrogen-bond donors (Lipinski definition) is 2. The lowest BCUT2D eigenvalue weighted by Gasteiger charge is -2.10. The van der Waals surface area contributed by atoms with Crippen LogP contribution in [0.1, 0.15) is 38.5 Å². The highest BCUT2D eigenvalue weighted by Gasteiger charge is 2.16. The maximum absolute atomic E-state index is 11.4. The summed E-state index contributed by atoms with van der Waals surface area (Å²) in [5.74, 6) is 0. The SMILES string of the molecule is NS(=O)(=O)c1cc(NCCC2=CCCCCC2)cc([N+](=O)[O-])c1. The number of benzene rings is 1. The van der Waals surface area contributed by atoms with Gasteiger partial charge in [0.25, 0.3) is 5.69 Å². The summed E-state index contributed by atoms with van der Waals surface area (Å²) in [6, 6.07) is 3.61. The van der Waals surface area contributed by atoms with Crippen LogP contribution in [0.4, 0.5) is 11.4 Å². The summed E-state index contributed by atoms with van der Waals surface area (Å²) in [5.41, 5.74) is 1.47. The van der Waals surface area contributed by atoms with Gasteiger partial charge in [0, 0.05) is 24.4 Å². The Morgan fingerprint density at radius 2 is 2.00 bits per heavy atom. The van der Waals surface area contributed by atoms with Gasteiger partial charge < -0.3 is 5.32 Å². The van der Waals surface area contributed by atoms with Gasteiger partial charge in [-0.05, 0) is 38.2 Å². The molecular weight excluding hydrogens is 318 g/mol. The maximum Gasteiger partial charge on any atom is 0.272 e. The number of non-ortho nitro benzene ring substituents is 1. The quantitative estimate of drug-likeness (QED) is 0.469. The van der Waals surface area contributed by atoms with Crippen LogP contribution in [0.2, 0.25) is 0 Å². The number of rotatable bonds is 6. The summed E-state index contributed by atoms with van der Waals surface area (Å²) >= 11 is 0. The largest absolute Gasteiger partial charge is 0.384 e. The highest BCUT2D eigenvalue weighted by atomic mass is 32.2. The van der Waals surface area contributed by atoms with Crippen molar-refractivity contribution in [1.29, 1.82) is 0 Å². The van der Waals surface area contributed by atoms with Crippen LogP contribution in [0.15, 0.2) is 34.7 Å². The Morgan fingerprint density at radius 1 is 1.22 bits per heavy atom. The van der Waals surface area contributed by atoms with Gasteiger partial charge in [-0.3, -0.25) is 10.1 Å². The molecule has 0 saturated carbocycles. The predicted octanol–water partition coefficient (Wildman–Crippen LogP) is 2.93. The molecule has 0 radical (unpaired) electrons. The first-order valence-corrected chi connectivity index (χ1v) is 9.15. The second-order valence-corrected chi connectivity index (χ2v) is 7.22. The van der Waals surface area contributed by atoms with Crippen LogP contribution in [-0.2, 0) is 10.0 Å². The molecule has 7 nitrogen and oxygen atoms in total. The Kier molecular flexibility index (Phi) is 5.73. The van der Waals surface area contributed by atoms with E-state index in [9.17, 15) is 18.5 Å². The fourth-order valence-electron chi connectivity index (χ4n) is 2.63. The molecule has 126 valence electrons. The third-order valence-electron chi connectivity index (χ3n) is 3.84. The number of anilines is 1. The van der Waals surface area contributed by atoms with Crippen molar-refractivity contribution in [3.63, 3.8) is 0 Å². The van der Waals surface area contributed by atoms with Crippen LogP contribution in [0.3, 0.4) is 0 Å². The minimum Gasteiger partial charge on any atom is -0.384 e. The van der Waals surface area contributed by atoms with Gasteiger partial charge in [-0.2, -0.15) is 0 Å². The molecule has 0 amide bonds. The molecule has 1 aromatic carbocycles. The average molecular weight is 339 g/mol. The molecule has 0 aliphatic heterocycles. The second kappa shape index (κ2) is 7.56. The highest BCUT2D eigenvalue weighted by molar-refractivity contribution is 7.89. The molecule has 0 atom stereocenters. The van der Waals surface area contributed by atoms with Gasteiger partial charge >= 0.3 is 0 Å². The van der Waals surface area contributed by atoms with Crippen molar-refractivity contribution in [2.45, 2.75) is 43.4 Å². The van der Waals surface area contributed by atoms with Gasteiger partial charge in [0.2, 0.25) is 10.0 Å². The van der Waals surface area contributed by atoms with E-state index in [-0.39, 0.29) is 10.6 Å². The van der Waals surface area contributed by atoms with E-state index < -0.39 is 14.9 Å². The van der Waals surface area contributed by atoms with Crippen molar-refractivity contribution < 1.29 is 13.3 Å². The molecule has 0 bridgehead atoms. The van der Waals surface area contributed by atoms with E-state index >= 15 is 0 Å². The van der Waals surface area contributed by atoms with Gasteiger partial charge in [0.15, 0.2) is 0 Å². The molecule has 0 unspecified atom stereocenters. The summed E-state index contributed by atoms with van der Waals surface area (Å²) in [7, 11) is -3.99. The normalized spacial score (nSPS) is 15.6. The standard InChI is InChI=1S/C15H21N3O4S/c16-23(21,22)15-10-13(9-14(11-15)18(19)20)17-8-7-12-5-3-1-2-4-6-12/h5,9-11,17H,1-4,6-8H2,(H2,16,21,22). The molecule has 2 rings (SSSR count). The Hall–Kier alpha value is -1.93. The Morgan fingerprint density at radius 3 is 2.70 bits per heavy atom. The third kappa shape index (κ3) is 5.33. The van der Waals surface area contributed by atoms with Gasteiger partial charge in [0.05, 0.1) is 9.82 Å². The van der Waals surface area contributed by atoms with Gasteiger partial charge in [-0.25, -0.2) is 13.6 Å². The van der Waals surface area contributed by atoms with Crippen LogP contribution < -0.4 is 10.5 Å². The van der Waals surface area contributed by atoms with E-state index in [4.69, 9.17) is 5.14 Å². The predicted molar refractivity (Wildman–Crippen MR) is 88.7 cm³/mol. The lowest BCUT2D eigenvalue weighted by Crippen LogP contribution is -2.13. The monoisotopic (exact) mass is 339 g/mol. The maximum atomic E-state index is 11.4. The van der Waals surface area contributed by atoms with Crippen LogP contribution in [-0.4, -0.2) is 19.9 Å². The lowest BCUT2D eigenvalue weighted by atomic mass is 10.1. The van der Waals surface area contributed by atoms with Crippen molar-refractivity contribution in [2.24, 2.45) is 5.14 Å². The van der Waals surface area contributed by atoms with Crippen molar-refractivity contribution in [2.75, 3.05) is 11.9 Å². The smallest absolute Gasteiger partial charge is 0.272 e. The molecule has 1 aromatic rings. The summed E-state index contributed by atoms with van der Waals surface area (Å²) in [4.78, 5) is 10.0. The van der Waals surface area contributed by atoms with E-state index in [1.165, 1.54) is 37.0 Å². The van der Waals surface area contributed by atoms with Crippen LogP contribution in [0.5, 0.6) is 0 Å². The van der Waals surface area contributed by atoms with Gasteiger partial charge in [-0.1, -0.05) is 18.1 Å². The van der Waals surface area contributed by atoms with Crippen molar-refractivity contribution in [3.05, 3.63) is 40.0 Å². The minimum atomic E-state index is -3.99. The zero-order valence-corrected chi connectivity index (χ0v) is 13.6. The Balaban J connectivity index is 2.08. The molecule has 0 spiro atoms. The van der Waals surface area contributed by atoms with Crippen molar-refractivity contribution in [1.82, 2.24) is 0 Å². The molecule has 3 N–H and O–H groups in total. The molecule has 8 heteroatoms. The number of nitrogens with one attached hydrogen (secondary N) is 1. The molecule has 23 heavy (non-hydrogen) atoms. The second-order valence-electron chi connectivity index (χ2n) is 5.66. The first-order valence-electron chi connectivity index (χ1n) is 7.60. The fourth-order valence-corrected chi connectivity index (χ4v) is 3.21. The molecule has 0 saturated heterocycles. The number of nitro benzene ring substituents is 1. The van der Waals surface area contributed by atoms with E-state index in [2.05, 4.69) is 11.4 Å². The number of nitro groups is 1. The molecular formula is C15H21N3O4S.